The van der Waals surface area contributed by atoms with Crippen molar-refractivity contribution in [3.05, 3.63) is 35.5 Å². The van der Waals surface area contributed by atoms with Crippen LogP contribution < -0.4 is 20.7 Å². The van der Waals surface area contributed by atoms with Gasteiger partial charge in [0.1, 0.15) is 17.1 Å². The fraction of sp³-hybridized carbons (Fsp3) is 0.429. The van der Waals surface area contributed by atoms with Crippen molar-refractivity contribution in [2.75, 3.05) is 17.7 Å². The predicted molar refractivity (Wildman–Crippen MR) is 114 cm³/mol. The SMILES string of the molecule is COc1cc(C(=O)O)ccc1Nc1ncc(C(F)(F)F)c(NC2CCCC[C@H]2NC(C)=O)n1. The topological polar surface area (TPSA) is 125 Å². The number of carboxylic acid groups (broad SMARTS) is 1. The quantitative estimate of drug-likeness (QED) is 0.485. The number of carbonyl (C=O) groups excluding carboxylic acids is 1. The first-order chi connectivity index (χ1) is 15.6. The number of nitrogens with zero attached hydrogens (tertiary/aromatic N) is 2. The number of methoxy groups -OCH3 is 1. The van der Waals surface area contributed by atoms with Crippen LogP contribution in [0.2, 0.25) is 0 Å². The van der Waals surface area contributed by atoms with E-state index in [0.717, 1.165) is 12.8 Å². The van der Waals surface area contributed by atoms with E-state index in [2.05, 4.69) is 25.9 Å². The second-order valence-electron chi connectivity index (χ2n) is 7.64. The summed E-state index contributed by atoms with van der Waals surface area (Å²) in [5, 5.41) is 17.5. The average molecular weight is 467 g/mol. The van der Waals surface area contributed by atoms with E-state index in [0.29, 0.717) is 19.0 Å². The number of rotatable bonds is 7. The van der Waals surface area contributed by atoms with Gasteiger partial charge >= 0.3 is 12.1 Å². The Hall–Kier alpha value is -3.57. The van der Waals surface area contributed by atoms with Crippen LogP contribution in [0.1, 0.15) is 48.5 Å². The van der Waals surface area contributed by atoms with Crippen LogP contribution in [0.25, 0.3) is 0 Å². The molecule has 4 N–H and O–H groups in total. The lowest BCUT2D eigenvalue weighted by Crippen LogP contribution is -2.48. The second-order valence-corrected chi connectivity index (χ2v) is 7.64. The summed E-state index contributed by atoms with van der Waals surface area (Å²) in [4.78, 5) is 30.5. The van der Waals surface area contributed by atoms with Gasteiger partial charge in [0.15, 0.2) is 0 Å². The van der Waals surface area contributed by atoms with Crippen LogP contribution in [0.3, 0.4) is 0 Å². The van der Waals surface area contributed by atoms with Gasteiger partial charge in [-0.05, 0) is 31.0 Å². The summed E-state index contributed by atoms with van der Waals surface area (Å²) in [5.74, 6) is -1.81. The highest BCUT2D eigenvalue weighted by atomic mass is 19.4. The lowest BCUT2D eigenvalue weighted by Gasteiger charge is -2.33. The molecular weight excluding hydrogens is 443 g/mol. The van der Waals surface area contributed by atoms with Gasteiger partial charge in [-0.3, -0.25) is 4.79 Å². The summed E-state index contributed by atoms with van der Waals surface area (Å²) >= 11 is 0. The normalized spacial score (nSPS) is 18.3. The number of anilines is 3. The van der Waals surface area contributed by atoms with E-state index >= 15 is 0 Å². The number of aromatic carboxylic acids is 1. The minimum absolute atomic E-state index is 0.0191. The molecule has 2 atom stereocenters. The molecule has 0 radical (unpaired) electrons. The number of benzene rings is 1. The van der Waals surface area contributed by atoms with Crippen molar-refractivity contribution in [2.24, 2.45) is 0 Å². The zero-order chi connectivity index (χ0) is 24.2. The fourth-order valence-electron chi connectivity index (χ4n) is 3.72. The first-order valence-electron chi connectivity index (χ1n) is 10.2. The van der Waals surface area contributed by atoms with Gasteiger partial charge in [-0.15, -0.1) is 0 Å². The molecule has 0 aliphatic heterocycles. The molecule has 0 saturated heterocycles. The van der Waals surface area contributed by atoms with E-state index in [4.69, 9.17) is 9.84 Å². The van der Waals surface area contributed by atoms with Gasteiger partial charge in [-0.2, -0.15) is 18.2 Å². The van der Waals surface area contributed by atoms with Gasteiger partial charge in [0.05, 0.1) is 18.4 Å². The molecule has 9 nitrogen and oxygen atoms in total. The number of hydrogen-bond acceptors (Lipinski definition) is 7. The molecule has 1 unspecified atom stereocenters. The summed E-state index contributed by atoms with van der Waals surface area (Å²) in [5.41, 5.74) is -0.773. The summed E-state index contributed by atoms with van der Waals surface area (Å²) < 4.78 is 46.0. The Morgan fingerprint density at radius 2 is 1.88 bits per heavy atom. The monoisotopic (exact) mass is 467 g/mol. The van der Waals surface area contributed by atoms with E-state index in [1.165, 1.54) is 32.2 Å². The first-order valence-corrected chi connectivity index (χ1v) is 10.2. The van der Waals surface area contributed by atoms with Crippen molar-refractivity contribution in [2.45, 2.75) is 50.9 Å². The highest BCUT2D eigenvalue weighted by molar-refractivity contribution is 5.89. The molecule has 1 aliphatic carbocycles. The molecule has 2 aromatic rings. The smallest absolute Gasteiger partial charge is 0.421 e. The lowest BCUT2D eigenvalue weighted by atomic mass is 9.90. The maximum absolute atomic E-state index is 13.6. The Kier molecular flexibility index (Phi) is 7.24. The van der Waals surface area contributed by atoms with Crippen molar-refractivity contribution in [1.82, 2.24) is 15.3 Å². The van der Waals surface area contributed by atoms with Gasteiger partial charge in [-0.25, -0.2) is 9.78 Å². The third-order valence-corrected chi connectivity index (χ3v) is 5.27. The van der Waals surface area contributed by atoms with Crippen LogP contribution in [-0.2, 0) is 11.0 Å². The van der Waals surface area contributed by atoms with Crippen molar-refractivity contribution >= 4 is 29.3 Å². The number of carbonyl (C=O) groups is 2. The average Bonchev–Trinajstić information content (AvgIpc) is 2.74. The Balaban J connectivity index is 1.92. The number of carboxylic acids is 1. The van der Waals surface area contributed by atoms with Gasteiger partial charge in [0, 0.05) is 25.2 Å². The second kappa shape index (κ2) is 9.92. The van der Waals surface area contributed by atoms with E-state index in [1.807, 2.05) is 0 Å². The highest BCUT2D eigenvalue weighted by Gasteiger charge is 2.37. The van der Waals surface area contributed by atoms with Gasteiger partial charge in [0.2, 0.25) is 11.9 Å². The standard InChI is InChI=1S/C21H24F3N5O4/c1-11(30)26-14-5-3-4-6-15(14)27-18-13(21(22,23)24)10-25-20(29-18)28-16-8-7-12(19(31)32)9-17(16)33-2/h7-10,14-15H,3-6H2,1-2H3,(H,26,30)(H,31,32)(H2,25,27,28,29)/t14-,15?/m1/s1. The van der Waals surface area contributed by atoms with Gasteiger partial charge in [-0.1, -0.05) is 12.8 Å². The molecule has 1 amide bonds. The molecule has 12 heteroatoms. The molecule has 1 aliphatic rings. The molecule has 1 aromatic carbocycles. The fourth-order valence-corrected chi connectivity index (χ4v) is 3.72. The predicted octanol–water partition coefficient (Wildman–Crippen LogP) is 3.81. The molecule has 1 aromatic heterocycles. The highest BCUT2D eigenvalue weighted by Crippen LogP contribution is 2.36. The molecule has 1 saturated carbocycles. The molecule has 178 valence electrons. The number of amides is 1. The Labute approximate surface area is 187 Å². The van der Waals surface area contributed by atoms with Crippen molar-refractivity contribution in [1.29, 1.82) is 0 Å². The lowest BCUT2D eigenvalue weighted by molar-refractivity contribution is -0.137. The van der Waals surface area contributed by atoms with Crippen LogP contribution >= 0.6 is 0 Å². The zero-order valence-electron chi connectivity index (χ0n) is 18.0. The van der Waals surface area contributed by atoms with Crippen molar-refractivity contribution in [3.8, 4) is 5.75 Å². The summed E-state index contributed by atoms with van der Waals surface area (Å²) in [7, 11) is 1.33. The van der Waals surface area contributed by atoms with E-state index < -0.39 is 29.6 Å². The maximum Gasteiger partial charge on any atom is 0.421 e. The van der Waals surface area contributed by atoms with E-state index in [1.54, 1.807) is 0 Å². The van der Waals surface area contributed by atoms with Gasteiger partial charge < -0.3 is 25.8 Å². The van der Waals surface area contributed by atoms with Crippen molar-refractivity contribution in [3.63, 3.8) is 0 Å². The van der Waals surface area contributed by atoms with Gasteiger partial charge in [0.25, 0.3) is 0 Å². The summed E-state index contributed by atoms with van der Waals surface area (Å²) in [6, 6.07) is 3.23. The Bertz CT molecular complexity index is 1030. The third-order valence-electron chi connectivity index (χ3n) is 5.27. The molecule has 1 fully saturated rings. The third kappa shape index (κ3) is 6.02. The molecular formula is C21H24F3N5O4. The van der Waals surface area contributed by atoms with E-state index in [9.17, 15) is 22.8 Å². The minimum Gasteiger partial charge on any atom is -0.495 e. The number of alkyl halides is 3. The minimum atomic E-state index is -4.69. The Morgan fingerprint density at radius 1 is 1.18 bits per heavy atom. The molecule has 3 rings (SSSR count). The molecule has 33 heavy (non-hydrogen) atoms. The number of nitrogens with one attached hydrogen (secondary N) is 3. The Morgan fingerprint density at radius 3 is 2.48 bits per heavy atom. The number of aromatic nitrogens is 2. The van der Waals surface area contributed by atoms with Crippen molar-refractivity contribution < 1.29 is 32.6 Å². The van der Waals surface area contributed by atoms with Crippen LogP contribution in [0.4, 0.5) is 30.6 Å². The number of ether oxygens (including phenoxy) is 1. The summed E-state index contributed by atoms with van der Waals surface area (Å²) in [6.07, 6.45) is -1.15. The zero-order valence-corrected chi connectivity index (χ0v) is 18.0. The molecule has 0 bridgehead atoms. The molecule has 1 heterocycles. The first kappa shape index (κ1) is 24.1. The van der Waals surface area contributed by atoms with Crippen LogP contribution in [0.15, 0.2) is 24.4 Å². The summed E-state index contributed by atoms with van der Waals surface area (Å²) in [6.45, 7) is 1.36. The van der Waals surface area contributed by atoms with E-state index in [-0.39, 0.29) is 34.9 Å². The van der Waals surface area contributed by atoms with Crippen LogP contribution in [-0.4, -0.2) is 46.1 Å². The maximum atomic E-state index is 13.6. The number of halogens is 3. The van der Waals surface area contributed by atoms with Crippen LogP contribution in [0.5, 0.6) is 5.75 Å². The number of hydrogen-bond donors (Lipinski definition) is 4. The largest absolute Gasteiger partial charge is 0.495 e. The van der Waals surface area contributed by atoms with Crippen LogP contribution in [0, 0.1) is 0 Å². The molecule has 0 spiro atoms.